The summed E-state index contributed by atoms with van der Waals surface area (Å²) in [4.78, 5) is 5.10. The highest BCUT2D eigenvalue weighted by atomic mass is 19.4. The third kappa shape index (κ3) is 6.26. The van der Waals surface area contributed by atoms with Crippen LogP contribution in [0.1, 0.15) is 16.7 Å². The maximum Gasteiger partial charge on any atom is 0.420 e. The van der Waals surface area contributed by atoms with Crippen LogP contribution in [-0.2, 0) is 6.18 Å². The Hall–Kier alpha value is -7.70. The number of halogens is 3. The van der Waals surface area contributed by atoms with E-state index in [1.807, 2.05) is 133 Å². The number of aryl methyl sites for hydroxylation is 2. The van der Waals surface area contributed by atoms with Gasteiger partial charge in [-0.15, -0.1) is 0 Å². The van der Waals surface area contributed by atoms with Crippen LogP contribution in [0.4, 0.5) is 13.2 Å². The van der Waals surface area contributed by atoms with Crippen LogP contribution in [0.25, 0.3) is 99.8 Å². The van der Waals surface area contributed by atoms with Crippen molar-refractivity contribution >= 4 is 43.6 Å². The predicted molar refractivity (Wildman–Crippen MR) is 249 cm³/mol. The van der Waals surface area contributed by atoms with Crippen molar-refractivity contribution in [1.82, 2.24) is 14.1 Å². The highest BCUT2D eigenvalue weighted by Gasteiger charge is 2.39. The molecule has 0 unspecified atom stereocenters. The van der Waals surface area contributed by atoms with E-state index in [2.05, 4.69) is 62.4 Å². The smallest absolute Gasteiger partial charge is 0.309 e. The van der Waals surface area contributed by atoms with Gasteiger partial charge in [0.05, 0.1) is 44.8 Å². The molecule has 11 aromatic rings. The summed E-state index contributed by atoms with van der Waals surface area (Å²) in [6.45, 7) is 4.11. The lowest BCUT2D eigenvalue weighted by atomic mass is 10.00. The minimum Gasteiger partial charge on any atom is -0.309 e. The molecule has 298 valence electrons. The Morgan fingerprint density at radius 3 is 1.27 bits per heavy atom. The van der Waals surface area contributed by atoms with Gasteiger partial charge in [-0.25, -0.2) is 4.98 Å². The molecular weight excluding hydrogens is 772 g/mol. The molecule has 0 fully saturated rings. The zero-order chi connectivity index (χ0) is 42.1. The number of pyridine rings is 1. The standard InChI is InChI=1S/C56H38F3N3/c1-35-13-10-17-38(29-35)40-25-27-51-45(31-40)43-19-6-8-23-49(43)61(51)53-33-42(48-22-12-21-47(60-48)37-15-4-3-5-16-37)34-54(55(53)56(57,58)59)62-50-24-9-7-20-44(50)46-32-41(26-28-52(46)62)39-18-11-14-36(2)30-39/h3-34H,1-2H3. The van der Waals surface area contributed by atoms with Crippen molar-refractivity contribution in [3.8, 4) is 56.1 Å². The van der Waals surface area contributed by atoms with Gasteiger partial charge in [0.15, 0.2) is 0 Å². The summed E-state index contributed by atoms with van der Waals surface area (Å²) in [6, 6.07) is 63.1. The predicted octanol–water partition coefficient (Wildman–Crippen LogP) is 15.6. The van der Waals surface area contributed by atoms with Crippen LogP contribution in [0.15, 0.2) is 194 Å². The lowest BCUT2D eigenvalue weighted by molar-refractivity contribution is -0.137. The molecule has 3 nitrogen and oxygen atoms in total. The number of benzene rings is 8. The van der Waals surface area contributed by atoms with E-state index < -0.39 is 11.7 Å². The number of hydrogen-bond acceptors (Lipinski definition) is 1. The molecule has 0 N–H and O–H groups in total. The lowest BCUT2D eigenvalue weighted by Crippen LogP contribution is -2.16. The molecular formula is C56H38F3N3. The van der Waals surface area contributed by atoms with Gasteiger partial charge in [0.2, 0.25) is 0 Å². The van der Waals surface area contributed by atoms with Crippen LogP contribution in [0.5, 0.6) is 0 Å². The highest BCUT2D eigenvalue weighted by molar-refractivity contribution is 6.12. The van der Waals surface area contributed by atoms with Crippen molar-refractivity contribution in [3.05, 3.63) is 211 Å². The number of alkyl halides is 3. The average molecular weight is 810 g/mol. The molecule has 0 amide bonds. The molecule has 0 saturated heterocycles. The van der Waals surface area contributed by atoms with Crippen LogP contribution in [0.3, 0.4) is 0 Å². The van der Waals surface area contributed by atoms with E-state index in [0.717, 1.165) is 66.2 Å². The molecule has 6 heteroatoms. The molecule has 8 aromatic carbocycles. The Morgan fingerprint density at radius 2 is 0.774 bits per heavy atom. The highest BCUT2D eigenvalue weighted by Crippen LogP contribution is 2.47. The normalized spacial score (nSPS) is 12.0. The second kappa shape index (κ2) is 14.5. The van der Waals surface area contributed by atoms with Crippen molar-refractivity contribution in [1.29, 1.82) is 0 Å². The Morgan fingerprint density at radius 1 is 0.355 bits per heavy atom. The summed E-state index contributed by atoms with van der Waals surface area (Å²) in [5.74, 6) is 0. The van der Waals surface area contributed by atoms with Gasteiger partial charge < -0.3 is 9.13 Å². The second-order valence-corrected chi connectivity index (χ2v) is 16.1. The van der Waals surface area contributed by atoms with Crippen molar-refractivity contribution in [2.24, 2.45) is 0 Å². The maximum atomic E-state index is 16.5. The van der Waals surface area contributed by atoms with E-state index in [4.69, 9.17) is 4.98 Å². The number of hydrogen-bond donors (Lipinski definition) is 0. The average Bonchev–Trinajstić information content (AvgIpc) is 3.81. The largest absolute Gasteiger partial charge is 0.420 e. The van der Waals surface area contributed by atoms with Gasteiger partial charge in [-0.1, -0.05) is 145 Å². The minimum atomic E-state index is -4.78. The first-order valence-corrected chi connectivity index (χ1v) is 20.7. The van der Waals surface area contributed by atoms with Crippen LogP contribution in [0, 0.1) is 13.8 Å². The second-order valence-electron chi connectivity index (χ2n) is 16.1. The molecule has 3 heterocycles. The van der Waals surface area contributed by atoms with Gasteiger partial charge in [-0.2, -0.15) is 13.2 Å². The van der Waals surface area contributed by atoms with Crippen LogP contribution >= 0.6 is 0 Å². The van der Waals surface area contributed by atoms with Crippen molar-refractivity contribution in [3.63, 3.8) is 0 Å². The molecule has 0 bridgehead atoms. The Kier molecular flexibility index (Phi) is 8.72. The van der Waals surface area contributed by atoms with Gasteiger partial charge in [0.25, 0.3) is 0 Å². The van der Waals surface area contributed by atoms with Crippen LogP contribution in [-0.4, -0.2) is 14.1 Å². The third-order valence-electron chi connectivity index (χ3n) is 12.0. The number of nitrogens with zero attached hydrogens (tertiary/aromatic N) is 3. The summed E-state index contributed by atoms with van der Waals surface area (Å²) < 4.78 is 53.1. The first kappa shape index (κ1) is 37.3. The van der Waals surface area contributed by atoms with E-state index in [-0.39, 0.29) is 11.4 Å². The first-order valence-electron chi connectivity index (χ1n) is 20.7. The van der Waals surface area contributed by atoms with Crippen LogP contribution in [0.2, 0.25) is 0 Å². The topological polar surface area (TPSA) is 22.8 Å². The molecule has 0 aliphatic rings. The fraction of sp³-hybridized carbons (Fsp3) is 0.0536. The molecule has 0 aliphatic heterocycles. The van der Waals surface area contributed by atoms with Gasteiger partial charge >= 0.3 is 6.18 Å². The molecule has 0 radical (unpaired) electrons. The first-order chi connectivity index (χ1) is 30.2. The molecule has 0 spiro atoms. The van der Waals surface area contributed by atoms with E-state index in [0.29, 0.717) is 33.3 Å². The molecule has 11 rings (SSSR count). The van der Waals surface area contributed by atoms with Gasteiger partial charge in [0.1, 0.15) is 5.56 Å². The van der Waals surface area contributed by atoms with E-state index in [1.165, 1.54) is 0 Å². The Bertz CT molecular complexity index is 3350. The van der Waals surface area contributed by atoms with E-state index in [1.54, 1.807) is 21.3 Å². The molecule has 3 aromatic heterocycles. The van der Waals surface area contributed by atoms with E-state index >= 15 is 13.2 Å². The summed E-state index contributed by atoms with van der Waals surface area (Å²) in [5.41, 5.74) is 11.1. The van der Waals surface area contributed by atoms with Gasteiger partial charge in [-0.05, 0) is 96.8 Å². The van der Waals surface area contributed by atoms with Crippen molar-refractivity contribution in [2.45, 2.75) is 20.0 Å². The Balaban J connectivity index is 1.25. The van der Waals surface area contributed by atoms with Crippen molar-refractivity contribution in [2.75, 3.05) is 0 Å². The number of para-hydroxylation sites is 2. The fourth-order valence-corrected chi connectivity index (χ4v) is 9.24. The lowest BCUT2D eigenvalue weighted by Gasteiger charge is -2.23. The zero-order valence-corrected chi connectivity index (χ0v) is 34.0. The molecule has 0 saturated carbocycles. The summed E-state index contributed by atoms with van der Waals surface area (Å²) >= 11 is 0. The number of aromatic nitrogens is 3. The summed E-state index contributed by atoms with van der Waals surface area (Å²) in [6.07, 6.45) is -4.78. The third-order valence-corrected chi connectivity index (χ3v) is 12.0. The quantitative estimate of drug-likeness (QED) is 0.164. The summed E-state index contributed by atoms with van der Waals surface area (Å²) in [7, 11) is 0. The number of rotatable bonds is 6. The SMILES string of the molecule is Cc1cccc(-c2ccc3c(c2)c2ccccc2n3-c2cc(-c3cccc(-c4ccccc4)n3)cc(-n3c4ccccc4c4cc(-c5cccc(C)c5)ccc43)c2C(F)(F)F)c1. The molecule has 62 heavy (non-hydrogen) atoms. The molecule has 0 aliphatic carbocycles. The fourth-order valence-electron chi connectivity index (χ4n) is 9.24. The van der Waals surface area contributed by atoms with Crippen molar-refractivity contribution < 1.29 is 13.2 Å². The monoisotopic (exact) mass is 809 g/mol. The minimum absolute atomic E-state index is 0.0220. The summed E-state index contributed by atoms with van der Waals surface area (Å²) in [5, 5.41) is 3.46. The maximum absolute atomic E-state index is 16.5. The van der Waals surface area contributed by atoms with Gasteiger partial charge in [-0.3, -0.25) is 0 Å². The number of fused-ring (bicyclic) bond motifs is 6. The Labute approximate surface area is 356 Å². The van der Waals surface area contributed by atoms with Crippen LogP contribution < -0.4 is 0 Å². The van der Waals surface area contributed by atoms with Gasteiger partial charge in [0, 0.05) is 32.7 Å². The van der Waals surface area contributed by atoms with E-state index in [9.17, 15) is 0 Å². The molecule has 0 atom stereocenters. The zero-order valence-electron chi connectivity index (χ0n) is 34.0.